The van der Waals surface area contributed by atoms with E-state index in [1.165, 1.54) is 0 Å². The van der Waals surface area contributed by atoms with E-state index in [9.17, 15) is 0 Å². The van der Waals surface area contributed by atoms with Gasteiger partial charge < -0.3 is 18.9 Å². The van der Waals surface area contributed by atoms with Crippen LogP contribution in [0.2, 0.25) is 0 Å². The highest BCUT2D eigenvalue weighted by atomic mass is 16.7. The van der Waals surface area contributed by atoms with Crippen molar-refractivity contribution in [3.8, 4) is 0 Å². The zero-order valence-electron chi connectivity index (χ0n) is 8.32. The lowest BCUT2D eigenvalue weighted by Crippen LogP contribution is -2.24. The molecule has 0 unspecified atom stereocenters. The van der Waals surface area contributed by atoms with Crippen molar-refractivity contribution in [2.24, 2.45) is 0 Å². The first-order valence-corrected chi connectivity index (χ1v) is 4.79. The smallest absolute Gasteiger partial charge is 0.180 e. The van der Waals surface area contributed by atoms with E-state index in [4.69, 9.17) is 18.9 Å². The number of rotatable bonds is 8. The average molecular weight is 190 g/mol. The van der Waals surface area contributed by atoms with E-state index in [0.29, 0.717) is 32.5 Å². The van der Waals surface area contributed by atoms with Crippen LogP contribution in [-0.4, -0.2) is 45.4 Å². The van der Waals surface area contributed by atoms with Crippen molar-refractivity contribution >= 4 is 0 Å². The molecule has 0 N–H and O–H groups in total. The monoisotopic (exact) mass is 190 g/mol. The van der Waals surface area contributed by atoms with Crippen molar-refractivity contribution < 1.29 is 18.9 Å². The molecule has 0 aliphatic carbocycles. The van der Waals surface area contributed by atoms with Crippen molar-refractivity contribution in [2.75, 3.05) is 33.0 Å². The predicted molar refractivity (Wildman–Crippen MR) is 47.6 cm³/mol. The Hall–Kier alpha value is -0.160. The van der Waals surface area contributed by atoms with E-state index in [1.54, 1.807) is 0 Å². The molecule has 1 rings (SSSR count). The first-order chi connectivity index (χ1) is 6.36. The summed E-state index contributed by atoms with van der Waals surface area (Å²) in [5, 5.41) is 0. The minimum Gasteiger partial charge on any atom is -0.373 e. The van der Waals surface area contributed by atoms with Gasteiger partial charge in [0.25, 0.3) is 0 Å². The Balaban J connectivity index is 1.98. The Morgan fingerprint density at radius 3 is 2.38 bits per heavy atom. The number of epoxide rings is 1. The molecule has 1 aliphatic heterocycles. The molecule has 1 atom stereocenters. The van der Waals surface area contributed by atoms with E-state index < -0.39 is 0 Å². The van der Waals surface area contributed by atoms with Crippen LogP contribution >= 0.6 is 0 Å². The van der Waals surface area contributed by atoms with Gasteiger partial charge in [0, 0.05) is 13.2 Å². The average Bonchev–Trinajstić information content (AvgIpc) is 2.89. The molecule has 0 aromatic carbocycles. The van der Waals surface area contributed by atoms with Gasteiger partial charge in [-0.15, -0.1) is 0 Å². The third-order valence-corrected chi connectivity index (χ3v) is 1.67. The van der Waals surface area contributed by atoms with Gasteiger partial charge >= 0.3 is 0 Å². The SMILES string of the molecule is CCOC(COC[C@H]1CO1)OCC. The van der Waals surface area contributed by atoms with Crippen LogP contribution in [0.3, 0.4) is 0 Å². The third-order valence-electron chi connectivity index (χ3n) is 1.67. The molecule has 1 heterocycles. The molecule has 0 bridgehead atoms. The molecule has 1 aliphatic rings. The van der Waals surface area contributed by atoms with E-state index in [1.807, 2.05) is 13.8 Å². The highest BCUT2D eigenvalue weighted by molar-refractivity contribution is 4.67. The van der Waals surface area contributed by atoms with Gasteiger partial charge in [-0.1, -0.05) is 0 Å². The minimum absolute atomic E-state index is 0.228. The third kappa shape index (κ3) is 5.21. The Morgan fingerprint density at radius 1 is 1.31 bits per heavy atom. The molecule has 0 spiro atoms. The Kier molecular flexibility index (Phi) is 5.31. The van der Waals surface area contributed by atoms with Gasteiger partial charge in [0.1, 0.15) is 6.10 Å². The molecule has 0 radical (unpaired) electrons. The molecular weight excluding hydrogens is 172 g/mol. The van der Waals surface area contributed by atoms with Crippen LogP contribution in [0, 0.1) is 0 Å². The van der Waals surface area contributed by atoms with E-state index in [2.05, 4.69) is 0 Å². The van der Waals surface area contributed by atoms with Crippen LogP contribution < -0.4 is 0 Å². The van der Waals surface area contributed by atoms with Crippen LogP contribution in [0.5, 0.6) is 0 Å². The van der Waals surface area contributed by atoms with E-state index in [0.717, 1.165) is 6.61 Å². The van der Waals surface area contributed by atoms with Crippen molar-refractivity contribution in [2.45, 2.75) is 26.2 Å². The van der Waals surface area contributed by atoms with Gasteiger partial charge in [-0.05, 0) is 13.8 Å². The van der Waals surface area contributed by atoms with Gasteiger partial charge in [-0.2, -0.15) is 0 Å². The van der Waals surface area contributed by atoms with Gasteiger partial charge in [-0.3, -0.25) is 0 Å². The van der Waals surface area contributed by atoms with E-state index in [-0.39, 0.29) is 6.29 Å². The quantitative estimate of drug-likeness (QED) is 0.419. The first-order valence-electron chi connectivity index (χ1n) is 4.79. The molecule has 0 aromatic rings. The summed E-state index contributed by atoms with van der Waals surface area (Å²) < 4.78 is 20.9. The molecule has 0 saturated carbocycles. The molecule has 13 heavy (non-hydrogen) atoms. The van der Waals surface area contributed by atoms with E-state index >= 15 is 0 Å². The fraction of sp³-hybridized carbons (Fsp3) is 1.00. The second-order valence-corrected chi connectivity index (χ2v) is 2.83. The largest absolute Gasteiger partial charge is 0.373 e. The summed E-state index contributed by atoms with van der Waals surface area (Å²) >= 11 is 0. The molecule has 4 heteroatoms. The van der Waals surface area contributed by atoms with Gasteiger partial charge in [-0.25, -0.2) is 0 Å². The van der Waals surface area contributed by atoms with Crippen LogP contribution in [0.25, 0.3) is 0 Å². The number of hydrogen-bond acceptors (Lipinski definition) is 4. The second-order valence-electron chi connectivity index (χ2n) is 2.83. The zero-order valence-corrected chi connectivity index (χ0v) is 8.32. The highest BCUT2D eigenvalue weighted by Gasteiger charge is 2.22. The van der Waals surface area contributed by atoms with Crippen LogP contribution in [0.1, 0.15) is 13.8 Å². The van der Waals surface area contributed by atoms with Gasteiger partial charge in [0.15, 0.2) is 6.29 Å². The summed E-state index contributed by atoms with van der Waals surface area (Å²) in [7, 11) is 0. The topological polar surface area (TPSA) is 40.2 Å². The lowest BCUT2D eigenvalue weighted by Gasteiger charge is -2.16. The number of hydrogen-bond donors (Lipinski definition) is 0. The second kappa shape index (κ2) is 6.32. The molecule has 78 valence electrons. The Labute approximate surface area is 79.1 Å². The lowest BCUT2D eigenvalue weighted by molar-refractivity contribution is -0.167. The van der Waals surface area contributed by atoms with Crippen LogP contribution in [-0.2, 0) is 18.9 Å². The molecule has 1 saturated heterocycles. The molecular formula is C9H18O4. The summed E-state index contributed by atoms with van der Waals surface area (Å²) in [6.45, 7) is 7.14. The van der Waals surface area contributed by atoms with Crippen LogP contribution in [0.15, 0.2) is 0 Å². The van der Waals surface area contributed by atoms with Crippen molar-refractivity contribution in [3.05, 3.63) is 0 Å². The standard InChI is InChI=1S/C9H18O4/c1-3-11-9(12-4-2)7-10-5-8-6-13-8/h8-9H,3-7H2,1-2H3/t8-/m0/s1. The lowest BCUT2D eigenvalue weighted by atomic mass is 10.5. The van der Waals surface area contributed by atoms with Crippen molar-refractivity contribution in [1.29, 1.82) is 0 Å². The fourth-order valence-electron chi connectivity index (χ4n) is 0.976. The zero-order chi connectivity index (χ0) is 9.52. The van der Waals surface area contributed by atoms with Gasteiger partial charge in [0.2, 0.25) is 0 Å². The number of ether oxygens (including phenoxy) is 4. The normalized spacial score (nSPS) is 21.0. The van der Waals surface area contributed by atoms with Gasteiger partial charge in [0.05, 0.1) is 19.8 Å². The maximum absolute atomic E-state index is 5.35. The molecule has 4 nitrogen and oxygen atoms in total. The van der Waals surface area contributed by atoms with Crippen molar-refractivity contribution in [3.63, 3.8) is 0 Å². The molecule has 0 aromatic heterocycles. The summed E-state index contributed by atoms with van der Waals surface area (Å²) in [6.07, 6.45) is 0.0812. The maximum Gasteiger partial charge on any atom is 0.180 e. The summed E-state index contributed by atoms with van der Waals surface area (Å²) in [5.74, 6) is 0. The Morgan fingerprint density at radius 2 is 1.92 bits per heavy atom. The van der Waals surface area contributed by atoms with Crippen molar-refractivity contribution in [1.82, 2.24) is 0 Å². The summed E-state index contributed by atoms with van der Waals surface area (Å²) in [4.78, 5) is 0. The first kappa shape index (κ1) is 10.9. The molecule has 0 amide bonds. The summed E-state index contributed by atoms with van der Waals surface area (Å²) in [6, 6.07) is 0. The maximum atomic E-state index is 5.35. The predicted octanol–water partition coefficient (Wildman–Crippen LogP) is 0.801. The fourth-order valence-corrected chi connectivity index (χ4v) is 0.976. The van der Waals surface area contributed by atoms with Crippen LogP contribution in [0.4, 0.5) is 0 Å². The molecule has 1 fully saturated rings. The Bertz CT molecular complexity index is 119. The minimum atomic E-state index is -0.228. The highest BCUT2D eigenvalue weighted by Crippen LogP contribution is 2.09. The summed E-state index contributed by atoms with van der Waals surface area (Å²) in [5.41, 5.74) is 0.